The summed E-state index contributed by atoms with van der Waals surface area (Å²) in [4.78, 5) is 10.4. The van der Waals surface area contributed by atoms with E-state index in [0.29, 0.717) is 36.0 Å². The van der Waals surface area contributed by atoms with Gasteiger partial charge in [0.05, 0.1) is 22.1 Å². The predicted molar refractivity (Wildman–Crippen MR) is 100.0 cm³/mol. The van der Waals surface area contributed by atoms with E-state index in [9.17, 15) is 18.5 Å². The molecule has 9 heteroatoms. The van der Waals surface area contributed by atoms with Crippen LogP contribution in [0.15, 0.2) is 53.9 Å². The van der Waals surface area contributed by atoms with Crippen LogP contribution in [-0.4, -0.2) is 33.1 Å². The molecule has 0 N–H and O–H groups in total. The molecule has 0 aromatic heterocycles. The minimum atomic E-state index is -4.05. The van der Waals surface area contributed by atoms with Crippen LogP contribution in [0.5, 0.6) is 11.5 Å². The number of hydrogen-bond acceptors (Lipinski definition) is 6. The second-order valence-electron chi connectivity index (χ2n) is 5.86. The molecular formula is C18H18N2O6S. The smallest absolute Gasteiger partial charge is 0.273 e. The van der Waals surface area contributed by atoms with Crippen LogP contribution in [0, 0.1) is 17.0 Å². The third-order valence-corrected chi connectivity index (χ3v) is 5.86. The van der Waals surface area contributed by atoms with Crippen LogP contribution in [-0.2, 0) is 10.0 Å². The molecule has 0 saturated heterocycles. The van der Waals surface area contributed by atoms with Crippen molar-refractivity contribution in [2.75, 3.05) is 24.1 Å². The fourth-order valence-corrected chi connectivity index (χ4v) is 4.17. The van der Waals surface area contributed by atoms with Crippen LogP contribution in [0.1, 0.15) is 5.56 Å². The molecule has 3 rings (SSSR count). The summed E-state index contributed by atoms with van der Waals surface area (Å²) in [5.74, 6) is 0.977. The van der Waals surface area contributed by atoms with Crippen molar-refractivity contribution in [1.82, 2.24) is 0 Å². The minimum Gasteiger partial charge on any atom is -0.486 e. The Kier molecular flexibility index (Phi) is 5.04. The highest BCUT2D eigenvalue weighted by atomic mass is 32.2. The summed E-state index contributed by atoms with van der Waals surface area (Å²) in [5.41, 5.74) is 0.479. The van der Waals surface area contributed by atoms with Crippen molar-refractivity contribution in [1.29, 1.82) is 0 Å². The molecule has 0 unspecified atom stereocenters. The maximum atomic E-state index is 13.2. The number of hydrogen-bond donors (Lipinski definition) is 0. The number of anilines is 1. The summed E-state index contributed by atoms with van der Waals surface area (Å²) in [6, 6.07) is 8.63. The number of sulfonamides is 1. The lowest BCUT2D eigenvalue weighted by Gasteiger charge is -2.25. The quantitative estimate of drug-likeness (QED) is 0.427. The van der Waals surface area contributed by atoms with E-state index < -0.39 is 14.9 Å². The first kappa shape index (κ1) is 18.7. The van der Waals surface area contributed by atoms with E-state index >= 15 is 0 Å². The zero-order valence-corrected chi connectivity index (χ0v) is 15.4. The van der Waals surface area contributed by atoms with Crippen LogP contribution in [0.3, 0.4) is 0 Å². The average molecular weight is 390 g/mol. The van der Waals surface area contributed by atoms with Gasteiger partial charge in [-0.3, -0.25) is 14.4 Å². The standard InChI is InChI=1S/C18H18N2O6S/c1-3-8-19(14-5-7-17-18(11-14)26-10-9-25-17)27(23,24)15-6-4-13(2)16(12-15)20(21)22/h3-7,11-12H,1,8-10H2,2H3. The summed E-state index contributed by atoms with van der Waals surface area (Å²) >= 11 is 0. The van der Waals surface area contributed by atoms with E-state index in [0.717, 1.165) is 10.4 Å². The monoisotopic (exact) mass is 390 g/mol. The third-order valence-electron chi connectivity index (χ3n) is 4.07. The largest absolute Gasteiger partial charge is 0.486 e. The molecule has 0 radical (unpaired) electrons. The Morgan fingerprint density at radius 3 is 2.56 bits per heavy atom. The van der Waals surface area contributed by atoms with Crippen molar-refractivity contribution < 1.29 is 22.8 Å². The summed E-state index contributed by atoms with van der Waals surface area (Å²) < 4.78 is 38.4. The highest BCUT2D eigenvalue weighted by molar-refractivity contribution is 7.92. The maximum Gasteiger partial charge on any atom is 0.273 e. The zero-order valence-electron chi connectivity index (χ0n) is 14.6. The second-order valence-corrected chi connectivity index (χ2v) is 7.72. The maximum absolute atomic E-state index is 13.2. The van der Waals surface area contributed by atoms with Gasteiger partial charge in [0.25, 0.3) is 15.7 Å². The molecule has 2 aromatic rings. The van der Waals surface area contributed by atoms with Crippen molar-refractivity contribution in [3.05, 3.63) is 64.7 Å². The summed E-state index contributed by atoms with van der Waals surface area (Å²) in [7, 11) is -4.05. The molecule has 0 saturated carbocycles. The predicted octanol–water partition coefficient (Wildman–Crippen LogP) is 3.06. The molecule has 0 aliphatic carbocycles. The number of benzene rings is 2. The number of nitro benzene ring substituents is 1. The highest BCUT2D eigenvalue weighted by Gasteiger charge is 2.28. The Balaban J connectivity index is 2.07. The van der Waals surface area contributed by atoms with Crippen molar-refractivity contribution in [2.24, 2.45) is 0 Å². The van der Waals surface area contributed by atoms with Crippen LogP contribution >= 0.6 is 0 Å². The van der Waals surface area contributed by atoms with Gasteiger partial charge in [-0.2, -0.15) is 0 Å². The molecule has 1 aliphatic rings. The van der Waals surface area contributed by atoms with Gasteiger partial charge in [-0.15, -0.1) is 6.58 Å². The van der Waals surface area contributed by atoms with Gasteiger partial charge in [0.2, 0.25) is 0 Å². The molecule has 1 heterocycles. The van der Waals surface area contributed by atoms with Gasteiger partial charge in [0, 0.05) is 17.7 Å². The Labute approximate surface area is 156 Å². The summed E-state index contributed by atoms with van der Waals surface area (Å²) in [6.45, 7) is 5.95. The molecule has 0 spiro atoms. The number of nitro groups is 1. The molecule has 1 aliphatic heterocycles. The highest BCUT2D eigenvalue weighted by Crippen LogP contribution is 2.36. The first-order valence-corrected chi connectivity index (χ1v) is 9.57. The molecule has 0 fully saturated rings. The van der Waals surface area contributed by atoms with E-state index in [4.69, 9.17) is 9.47 Å². The van der Waals surface area contributed by atoms with Crippen molar-refractivity contribution in [3.63, 3.8) is 0 Å². The van der Waals surface area contributed by atoms with Crippen molar-refractivity contribution in [3.8, 4) is 11.5 Å². The fourth-order valence-electron chi connectivity index (χ4n) is 2.72. The minimum absolute atomic E-state index is 0.0103. The van der Waals surface area contributed by atoms with Gasteiger partial charge in [-0.1, -0.05) is 12.1 Å². The van der Waals surface area contributed by atoms with E-state index in [1.165, 1.54) is 18.2 Å². The number of fused-ring (bicyclic) bond motifs is 1. The fraction of sp³-hybridized carbons (Fsp3) is 0.222. The first-order valence-electron chi connectivity index (χ1n) is 8.13. The van der Waals surface area contributed by atoms with Crippen LogP contribution in [0.4, 0.5) is 11.4 Å². The summed E-state index contributed by atoms with van der Waals surface area (Å²) in [5, 5.41) is 11.2. The van der Waals surface area contributed by atoms with Gasteiger partial charge in [0.15, 0.2) is 11.5 Å². The normalized spacial score (nSPS) is 13.1. The van der Waals surface area contributed by atoms with Gasteiger partial charge in [0.1, 0.15) is 13.2 Å². The zero-order chi connectivity index (χ0) is 19.6. The molecule has 142 valence electrons. The number of nitrogens with zero attached hydrogens (tertiary/aromatic N) is 2. The molecular weight excluding hydrogens is 372 g/mol. The van der Waals surface area contributed by atoms with Crippen LogP contribution < -0.4 is 13.8 Å². The van der Waals surface area contributed by atoms with E-state index in [1.54, 1.807) is 25.1 Å². The van der Waals surface area contributed by atoms with E-state index in [1.807, 2.05) is 0 Å². The topological polar surface area (TPSA) is 99.0 Å². The van der Waals surface area contributed by atoms with Gasteiger partial charge in [-0.25, -0.2) is 8.42 Å². The van der Waals surface area contributed by atoms with Crippen molar-refractivity contribution >= 4 is 21.4 Å². The Morgan fingerprint density at radius 2 is 1.89 bits per heavy atom. The Morgan fingerprint density at radius 1 is 1.19 bits per heavy atom. The van der Waals surface area contributed by atoms with Crippen LogP contribution in [0.25, 0.3) is 0 Å². The molecule has 0 bridgehead atoms. The van der Waals surface area contributed by atoms with Gasteiger partial charge >= 0.3 is 0 Å². The molecule has 0 amide bonds. The van der Waals surface area contributed by atoms with Crippen LogP contribution in [0.2, 0.25) is 0 Å². The molecule has 8 nitrogen and oxygen atoms in total. The SMILES string of the molecule is C=CCN(c1ccc2c(c1)OCCO2)S(=O)(=O)c1ccc(C)c([N+](=O)[O-])c1. The van der Waals surface area contributed by atoms with E-state index in [-0.39, 0.29) is 17.1 Å². The lowest BCUT2D eigenvalue weighted by Crippen LogP contribution is -2.31. The molecule has 0 atom stereocenters. The lowest BCUT2D eigenvalue weighted by molar-refractivity contribution is -0.385. The number of ether oxygens (including phenoxy) is 2. The number of aryl methyl sites for hydroxylation is 1. The van der Waals surface area contributed by atoms with Gasteiger partial charge < -0.3 is 9.47 Å². The first-order chi connectivity index (χ1) is 12.8. The molecule has 2 aromatic carbocycles. The Bertz CT molecular complexity index is 1000. The second kappa shape index (κ2) is 7.28. The van der Waals surface area contributed by atoms with Gasteiger partial charge in [-0.05, 0) is 25.1 Å². The van der Waals surface area contributed by atoms with Crippen molar-refractivity contribution in [2.45, 2.75) is 11.8 Å². The third kappa shape index (κ3) is 3.59. The Hall–Kier alpha value is -3.07. The lowest BCUT2D eigenvalue weighted by atomic mass is 10.2. The summed E-state index contributed by atoms with van der Waals surface area (Å²) in [6.07, 6.45) is 1.44. The molecule has 27 heavy (non-hydrogen) atoms. The number of rotatable bonds is 6. The van der Waals surface area contributed by atoms with E-state index in [2.05, 4.69) is 6.58 Å². The average Bonchev–Trinajstić information content (AvgIpc) is 2.65.